The van der Waals surface area contributed by atoms with Crippen LogP contribution >= 0.6 is 39.3 Å². The Kier molecular flexibility index (Phi) is 4.91. The summed E-state index contributed by atoms with van der Waals surface area (Å²) in [5, 5.41) is 3.31. The van der Waals surface area contributed by atoms with Gasteiger partial charge in [0.15, 0.2) is 0 Å². The van der Waals surface area contributed by atoms with E-state index < -0.39 is 0 Å². The Balaban J connectivity index is 2.28. The quantitative estimate of drug-likeness (QED) is 0.777. The number of halogens is 2. The number of rotatable bonds is 3. The third kappa shape index (κ3) is 3.53. The van der Waals surface area contributed by atoms with Crippen LogP contribution in [-0.2, 0) is 0 Å². The molecule has 98 valence electrons. The van der Waals surface area contributed by atoms with Gasteiger partial charge in [-0.25, -0.2) is 0 Å². The molecule has 0 aliphatic heterocycles. The zero-order valence-corrected chi connectivity index (χ0v) is 13.3. The van der Waals surface area contributed by atoms with E-state index in [2.05, 4.69) is 21.2 Å². The Morgan fingerprint density at radius 2 is 2.00 bits per heavy atom. The topological polar surface area (TPSA) is 29.1 Å². The standard InChI is InChI=1S/C14H11BrClNOS/c1-19-13-5-3-2-4-12(13)17-14(18)10-8-9(15)6-7-11(10)16/h2-8H,1H3,(H,17,18). The lowest BCUT2D eigenvalue weighted by atomic mass is 10.2. The van der Waals surface area contributed by atoms with Gasteiger partial charge in [-0.1, -0.05) is 39.7 Å². The minimum Gasteiger partial charge on any atom is -0.321 e. The Morgan fingerprint density at radius 1 is 1.26 bits per heavy atom. The highest BCUT2D eigenvalue weighted by molar-refractivity contribution is 9.10. The molecule has 0 spiro atoms. The predicted molar refractivity (Wildman–Crippen MR) is 85.3 cm³/mol. The van der Waals surface area contributed by atoms with Gasteiger partial charge in [-0.3, -0.25) is 4.79 Å². The number of carbonyl (C=O) groups is 1. The number of carbonyl (C=O) groups excluding carboxylic acids is 1. The van der Waals surface area contributed by atoms with Crippen molar-refractivity contribution in [2.45, 2.75) is 4.90 Å². The molecule has 19 heavy (non-hydrogen) atoms. The van der Waals surface area contributed by atoms with Crippen LogP contribution in [0.4, 0.5) is 5.69 Å². The molecule has 0 saturated carbocycles. The highest BCUT2D eigenvalue weighted by atomic mass is 79.9. The summed E-state index contributed by atoms with van der Waals surface area (Å²) in [5.74, 6) is -0.215. The van der Waals surface area contributed by atoms with Gasteiger partial charge in [-0.05, 0) is 36.6 Å². The smallest absolute Gasteiger partial charge is 0.257 e. The monoisotopic (exact) mass is 355 g/mol. The molecule has 0 radical (unpaired) electrons. The van der Waals surface area contributed by atoms with Gasteiger partial charge in [-0.2, -0.15) is 0 Å². The fourth-order valence-electron chi connectivity index (χ4n) is 1.61. The van der Waals surface area contributed by atoms with E-state index in [9.17, 15) is 4.79 Å². The summed E-state index contributed by atoms with van der Waals surface area (Å²) in [7, 11) is 0. The van der Waals surface area contributed by atoms with Gasteiger partial charge in [-0.15, -0.1) is 11.8 Å². The number of amides is 1. The van der Waals surface area contributed by atoms with E-state index >= 15 is 0 Å². The van der Waals surface area contributed by atoms with E-state index in [0.29, 0.717) is 10.6 Å². The number of hydrogen-bond donors (Lipinski definition) is 1. The van der Waals surface area contributed by atoms with E-state index in [-0.39, 0.29) is 5.91 Å². The molecule has 0 bridgehead atoms. The first-order valence-electron chi connectivity index (χ1n) is 5.51. The zero-order valence-electron chi connectivity index (χ0n) is 10.1. The van der Waals surface area contributed by atoms with Crippen LogP contribution in [0, 0.1) is 0 Å². The van der Waals surface area contributed by atoms with Crippen molar-refractivity contribution in [1.29, 1.82) is 0 Å². The summed E-state index contributed by atoms with van der Waals surface area (Å²) in [4.78, 5) is 13.2. The molecule has 2 aromatic rings. The molecule has 5 heteroatoms. The van der Waals surface area contributed by atoms with Crippen LogP contribution < -0.4 is 5.32 Å². The minimum absolute atomic E-state index is 0.215. The van der Waals surface area contributed by atoms with Gasteiger partial charge >= 0.3 is 0 Å². The average Bonchev–Trinajstić information content (AvgIpc) is 2.42. The van der Waals surface area contributed by atoms with Crippen molar-refractivity contribution in [3.8, 4) is 0 Å². The third-order valence-electron chi connectivity index (χ3n) is 2.53. The first-order valence-corrected chi connectivity index (χ1v) is 7.91. The van der Waals surface area contributed by atoms with E-state index in [1.54, 1.807) is 30.0 Å². The number of nitrogens with one attached hydrogen (secondary N) is 1. The highest BCUT2D eigenvalue weighted by Crippen LogP contribution is 2.27. The molecule has 2 rings (SSSR count). The van der Waals surface area contributed by atoms with Crippen molar-refractivity contribution in [1.82, 2.24) is 0 Å². The van der Waals surface area contributed by atoms with Crippen LogP contribution in [0.3, 0.4) is 0 Å². The maximum Gasteiger partial charge on any atom is 0.257 e. The molecule has 1 N–H and O–H groups in total. The Labute approximate surface area is 129 Å². The fraction of sp³-hybridized carbons (Fsp3) is 0.0714. The summed E-state index contributed by atoms with van der Waals surface area (Å²) in [6.07, 6.45) is 1.97. The SMILES string of the molecule is CSc1ccccc1NC(=O)c1cc(Br)ccc1Cl. The molecule has 0 aromatic heterocycles. The van der Waals surface area contributed by atoms with E-state index in [0.717, 1.165) is 15.1 Å². The first kappa shape index (κ1) is 14.4. The lowest BCUT2D eigenvalue weighted by Gasteiger charge is -2.10. The van der Waals surface area contributed by atoms with Gasteiger partial charge in [0.2, 0.25) is 0 Å². The Hall–Kier alpha value is -0.970. The van der Waals surface area contributed by atoms with Gasteiger partial charge in [0.1, 0.15) is 0 Å². The molecule has 2 aromatic carbocycles. The Morgan fingerprint density at radius 3 is 2.74 bits per heavy atom. The van der Waals surface area contributed by atoms with Crippen LogP contribution in [0.15, 0.2) is 51.8 Å². The van der Waals surface area contributed by atoms with Crippen molar-refractivity contribution < 1.29 is 4.79 Å². The van der Waals surface area contributed by atoms with Crippen molar-refractivity contribution >= 4 is 50.9 Å². The van der Waals surface area contributed by atoms with Crippen molar-refractivity contribution in [3.63, 3.8) is 0 Å². The van der Waals surface area contributed by atoms with E-state index in [1.807, 2.05) is 30.5 Å². The number of hydrogen-bond acceptors (Lipinski definition) is 2. The largest absolute Gasteiger partial charge is 0.321 e. The molecule has 0 aliphatic carbocycles. The molecule has 0 fully saturated rings. The van der Waals surface area contributed by atoms with Gasteiger partial charge in [0.05, 0.1) is 16.3 Å². The van der Waals surface area contributed by atoms with Crippen molar-refractivity contribution in [2.75, 3.05) is 11.6 Å². The minimum atomic E-state index is -0.215. The molecule has 0 aliphatic rings. The van der Waals surface area contributed by atoms with Gasteiger partial charge < -0.3 is 5.32 Å². The summed E-state index contributed by atoms with van der Waals surface area (Å²) in [6.45, 7) is 0. The predicted octanol–water partition coefficient (Wildman–Crippen LogP) is 5.08. The third-order valence-corrected chi connectivity index (χ3v) is 4.15. The number of thioether (sulfide) groups is 1. The summed E-state index contributed by atoms with van der Waals surface area (Å²) in [6, 6.07) is 12.9. The van der Waals surface area contributed by atoms with Crippen molar-refractivity contribution in [2.24, 2.45) is 0 Å². The number of para-hydroxylation sites is 1. The molecule has 0 atom stereocenters. The second kappa shape index (κ2) is 6.46. The zero-order chi connectivity index (χ0) is 13.8. The fourth-order valence-corrected chi connectivity index (χ4v) is 2.73. The molecular weight excluding hydrogens is 346 g/mol. The van der Waals surface area contributed by atoms with Crippen LogP contribution in [0.25, 0.3) is 0 Å². The molecule has 2 nitrogen and oxygen atoms in total. The van der Waals surface area contributed by atoms with Gasteiger partial charge in [0, 0.05) is 9.37 Å². The van der Waals surface area contributed by atoms with Crippen molar-refractivity contribution in [3.05, 3.63) is 57.5 Å². The maximum absolute atomic E-state index is 12.2. The molecule has 0 heterocycles. The van der Waals surface area contributed by atoms with Crippen LogP contribution in [-0.4, -0.2) is 12.2 Å². The summed E-state index contributed by atoms with van der Waals surface area (Å²) >= 11 is 11.0. The molecular formula is C14H11BrClNOS. The second-order valence-corrected chi connectivity index (χ2v) is 5.95. The molecule has 0 unspecified atom stereocenters. The summed E-state index contributed by atoms with van der Waals surface area (Å²) < 4.78 is 0.820. The van der Waals surface area contributed by atoms with Crippen LogP contribution in [0.2, 0.25) is 5.02 Å². The number of anilines is 1. The van der Waals surface area contributed by atoms with E-state index in [1.165, 1.54) is 0 Å². The lowest BCUT2D eigenvalue weighted by molar-refractivity contribution is 0.102. The normalized spacial score (nSPS) is 10.3. The maximum atomic E-state index is 12.2. The van der Waals surface area contributed by atoms with Gasteiger partial charge in [0.25, 0.3) is 5.91 Å². The summed E-state index contributed by atoms with van der Waals surface area (Å²) in [5.41, 5.74) is 1.24. The molecule has 1 amide bonds. The van der Waals surface area contributed by atoms with Crippen LogP contribution in [0.5, 0.6) is 0 Å². The van der Waals surface area contributed by atoms with E-state index in [4.69, 9.17) is 11.6 Å². The highest BCUT2D eigenvalue weighted by Gasteiger charge is 2.12. The Bertz CT molecular complexity index is 618. The second-order valence-electron chi connectivity index (χ2n) is 3.78. The lowest BCUT2D eigenvalue weighted by Crippen LogP contribution is -2.13. The average molecular weight is 357 g/mol. The van der Waals surface area contributed by atoms with Crippen LogP contribution in [0.1, 0.15) is 10.4 Å². The number of benzene rings is 2. The first-order chi connectivity index (χ1) is 9.11. The molecule has 0 saturated heterocycles.